The van der Waals surface area contributed by atoms with Crippen LogP contribution in [0, 0.1) is 6.92 Å². The van der Waals surface area contributed by atoms with Crippen molar-refractivity contribution in [2.45, 2.75) is 33.6 Å². The van der Waals surface area contributed by atoms with Gasteiger partial charge in [0.05, 0.1) is 12.3 Å². The van der Waals surface area contributed by atoms with Crippen molar-refractivity contribution in [1.82, 2.24) is 0 Å². The number of hydrogen-bond donors (Lipinski definition) is 0. The van der Waals surface area contributed by atoms with E-state index in [1.807, 2.05) is 43.3 Å². The van der Waals surface area contributed by atoms with E-state index in [0.717, 1.165) is 29.8 Å². The molecule has 0 bridgehead atoms. The van der Waals surface area contributed by atoms with Crippen LogP contribution in [-0.4, -0.2) is 18.7 Å². The quantitative estimate of drug-likeness (QED) is 0.416. The predicted molar refractivity (Wildman–Crippen MR) is 99.0 cm³/mol. The number of hydrazone groups is 1. The van der Waals surface area contributed by atoms with E-state index in [2.05, 4.69) is 12.0 Å². The molecular weight excluding hydrogens is 300 g/mol. The second kappa shape index (κ2) is 8.87. The van der Waals surface area contributed by atoms with E-state index >= 15 is 0 Å². The summed E-state index contributed by atoms with van der Waals surface area (Å²) in [5, 5.41) is 5.62. The minimum absolute atomic E-state index is 0.169. The van der Waals surface area contributed by atoms with E-state index in [1.165, 1.54) is 5.01 Å². The molecule has 24 heavy (non-hydrogen) atoms. The van der Waals surface area contributed by atoms with Crippen molar-refractivity contribution < 1.29 is 9.53 Å². The van der Waals surface area contributed by atoms with Crippen molar-refractivity contribution in [1.29, 1.82) is 0 Å². The summed E-state index contributed by atoms with van der Waals surface area (Å²) in [7, 11) is 0. The largest absolute Gasteiger partial charge is 0.494 e. The van der Waals surface area contributed by atoms with Crippen molar-refractivity contribution in [3.05, 3.63) is 59.7 Å². The molecule has 0 atom stereocenters. The molecule has 0 aliphatic heterocycles. The molecule has 4 nitrogen and oxygen atoms in total. The lowest BCUT2D eigenvalue weighted by Gasteiger charge is -2.17. The Balaban J connectivity index is 2.16. The van der Waals surface area contributed by atoms with Gasteiger partial charge in [0.1, 0.15) is 5.75 Å². The Kier molecular flexibility index (Phi) is 6.55. The zero-order valence-electron chi connectivity index (χ0n) is 14.5. The number of ether oxygens (including phenoxy) is 1. The molecule has 0 aliphatic rings. The maximum Gasteiger partial charge on any atom is 0.278 e. The van der Waals surface area contributed by atoms with Crippen molar-refractivity contribution in [2.24, 2.45) is 5.10 Å². The number of nitrogens with zero attached hydrogens (tertiary/aromatic N) is 2. The lowest BCUT2D eigenvalue weighted by Crippen LogP contribution is -2.25. The third kappa shape index (κ3) is 4.69. The fraction of sp³-hybridized carbons (Fsp3) is 0.300. The highest BCUT2D eigenvalue weighted by Crippen LogP contribution is 2.20. The molecule has 2 aromatic carbocycles. The number of amides is 1. The van der Waals surface area contributed by atoms with Crippen LogP contribution in [0.25, 0.3) is 0 Å². The van der Waals surface area contributed by atoms with Crippen molar-refractivity contribution >= 4 is 17.8 Å². The zero-order chi connectivity index (χ0) is 17.4. The van der Waals surface area contributed by atoms with Gasteiger partial charge in [-0.15, -0.1) is 0 Å². The topological polar surface area (TPSA) is 41.9 Å². The standard InChI is InChI=1S/C20H24N2O2/c1-4-6-15-24-19-13-9-17(10-14-19)20(23)22(21-5-2)18-11-7-16(3)8-12-18/h5,7-14H,4,6,15H2,1-3H3/b21-5+. The van der Waals surface area contributed by atoms with E-state index in [0.29, 0.717) is 12.2 Å². The summed E-state index contributed by atoms with van der Waals surface area (Å²) in [6.07, 6.45) is 3.73. The minimum atomic E-state index is -0.169. The average molecular weight is 324 g/mol. The molecule has 0 N–H and O–H groups in total. The summed E-state index contributed by atoms with van der Waals surface area (Å²) in [4.78, 5) is 12.8. The molecular formula is C20H24N2O2. The summed E-state index contributed by atoms with van der Waals surface area (Å²) < 4.78 is 5.63. The van der Waals surface area contributed by atoms with Gasteiger partial charge in [-0.1, -0.05) is 31.0 Å². The summed E-state index contributed by atoms with van der Waals surface area (Å²) in [5.74, 6) is 0.609. The molecule has 1 amide bonds. The number of rotatable bonds is 7. The van der Waals surface area contributed by atoms with Gasteiger partial charge < -0.3 is 4.74 Å². The first-order valence-electron chi connectivity index (χ1n) is 8.28. The van der Waals surface area contributed by atoms with Crippen LogP contribution in [-0.2, 0) is 0 Å². The predicted octanol–water partition coefficient (Wildman–Crippen LogP) is 4.83. The van der Waals surface area contributed by atoms with Crippen molar-refractivity contribution in [3.63, 3.8) is 0 Å². The van der Waals surface area contributed by atoms with Gasteiger partial charge >= 0.3 is 0 Å². The molecule has 2 rings (SSSR count). The van der Waals surface area contributed by atoms with Crippen LogP contribution < -0.4 is 9.75 Å². The summed E-state index contributed by atoms with van der Waals surface area (Å²) in [6.45, 7) is 6.62. The van der Waals surface area contributed by atoms with Crippen molar-refractivity contribution in [3.8, 4) is 5.75 Å². The molecule has 126 valence electrons. The highest BCUT2D eigenvalue weighted by Gasteiger charge is 2.16. The number of carbonyl (C=O) groups is 1. The van der Waals surface area contributed by atoms with E-state index in [1.54, 1.807) is 25.3 Å². The van der Waals surface area contributed by atoms with Crippen LogP contribution >= 0.6 is 0 Å². The molecule has 0 unspecified atom stereocenters. The first-order valence-corrected chi connectivity index (χ1v) is 8.28. The SMILES string of the molecule is C/C=N/N(C(=O)c1ccc(OCCCC)cc1)c1ccc(C)cc1. The van der Waals surface area contributed by atoms with Gasteiger partial charge in [-0.25, -0.2) is 0 Å². The van der Waals surface area contributed by atoms with E-state index in [4.69, 9.17) is 4.74 Å². The Morgan fingerprint density at radius 1 is 1.12 bits per heavy atom. The van der Waals surface area contributed by atoms with Gasteiger partial charge in [-0.3, -0.25) is 4.79 Å². The number of unbranched alkanes of at least 4 members (excludes halogenated alkanes) is 1. The number of aryl methyl sites for hydroxylation is 1. The Morgan fingerprint density at radius 3 is 2.38 bits per heavy atom. The second-order valence-corrected chi connectivity index (χ2v) is 5.55. The molecule has 0 spiro atoms. The van der Waals surface area contributed by atoms with Gasteiger partial charge in [0.15, 0.2) is 0 Å². The number of carbonyl (C=O) groups excluding carboxylic acids is 1. The Labute approximate surface area is 143 Å². The van der Waals surface area contributed by atoms with Crippen LogP contribution in [0.2, 0.25) is 0 Å². The van der Waals surface area contributed by atoms with Crippen LogP contribution in [0.5, 0.6) is 5.75 Å². The van der Waals surface area contributed by atoms with E-state index in [9.17, 15) is 4.79 Å². The lowest BCUT2D eigenvalue weighted by atomic mass is 10.1. The number of benzene rings is 2. The number of anilines is 1. The van der Waals surface area contributed by atoms with Gasteiger partial charge in [-0.05, 0) is 56.7 Å². The van der Waals surface area contributed by atoms with Gasteiger partial charge in [0.2, 0.25) is 0 Å². The fourth-order valence-electron chi connectivity index (χ4n) is 2.19. The smallest absolute Gasteiger partial charge is 0.278 e. The third-order valence-electron chi connectivity index (χ3n) is 3.57. The fourth-order valence-corrected chi connectivity index (χ4v) is 2.19. The van der Waals surface area contributed by atoms with E-state index < -0.39 is 0 Å². The first-order chi connectivity index (χ1) is 11.7. The Hall–Kier alpha value is -2.62. The van der Waals surface area contributed by atoms with Crippen LogP contribution in [0.1, 0.15) is 42.6 Å². The third-order valence-corrected chi connectivity index (χ3v) is 3.57. The normalized spacial score (nSPS) is 10.8. The molecule has 0 aromatic heterocycles. The van der Waals surface area contributed by atoms with Crippen LogP contribution in [0.4, 0.5) is 5.69 Å². The molecule has 0 saturated heterocycles. The number of hydrogen-bond acceptors (Lipinski definition) is 3. The maximum absolute atomic E-state index is 12.8. The molecule has 0 saturated carbocycles. The molecule has 2 aromatic rings. The molecule has 0 heterocycles. The highest BCUT2D eigenvalue weighted by atomic mass is 16.5. The summed E-state index contributed by atoms with van der Waals surface area (Å²) >= 11 is 0. The van der Waals surface area contributed by atoms with E-state index in [-0.39, 0.29) is 5.91 Å². The molecule has 0 fully saturated rings. The average Bonchev–Trinajstić information content (AvgIpc) is 2.61. The summed E-state index contributed by atoms with van der Waals surface area (Å²) in [5.41, 5.74) is 2.45. The van der Waals surface area contributed by atoms with Crippen LogP contribution in [0.3, 0.4) is 0 Å². The van der Waals surface area contributed by atoms with Gasteiger partial charge in [-0.2, -0.15) is 10.1 Å². The molecule has 0 radical (unpaired) electrons. The Morgan fingerprint density at radius 2 is 1.79 bits per heavy atom. The Bertz CT molecular complexity index is 676. The molecule has 0 aliphatic carbocycles. The van der Waals surface area contributed by atoms with Crippen LogP contribution in [0.15, 0.2) is 53.6 Å². The molecule has 4 heteroatoms. The highest BCUT2D eigenvalue weighted by molar-refractivity contribution is 6.06. The summed E-state index contributed by atoms with van der Waals surface area (Å²) in [6, 6.07) is 14.9. The van der Waals surface area contributed by atoms with Gasteiger partial charge in [0, 0.05) is 11.8 Å². The second-order valence-electron chi connectivity index (χ2n) is 5.55. The maximum atomic E-state index is 12.8. The monoisotopic (exact) mass is 324 g/mol. The first kappa shape index (κ1) is 17.7. The lowest BCUT2D eigenvalue weighted by molar-refractivity contribution is 0.0987. The van der Waals surface area contributed by atoms with Gasteiger partial charge in [0.25, 0.3) is 5.91 Å². The minimum Gasteiger partial charge on any atom is -0.494 e. The zero-order valence-corrected chi connectivity index (χ0v) is 14.5. The van der Waals surface area contributed by atoms with Crippen molar-refractivity contribution in [2.75, 3.05) is 11.6 Å².